The molecule has 1 amide bonds. The Hall–Kier alpha value is -1.09. The van der Waals surface area contributed by atoms with Gasteiger partial charge in [0.05, 0.1) is 0 Å². The highest BCUT2D eigenvalue weighted by Crippen LogP contribution is 2.14. The number of hydrogen-bond acceptors (Lipinski definition) is 1. The van der Waals surface area contributed by atoms with Crippen LogP contribution in [0.3, 0.4) is 0 Å². The van der Waals surface area contributed by atoms with Crippen molar-refractivity contribution in [3.8, 4) is 0 Å². The van der Waals surface area contributed by atoms with Crippen LogP contribution in [0.5, 0.6) is 0 Å². The largest absolute Gasteiger partial charge is 0.352 e. The van der Waals surface area contributed by atoms with Gasteiger partial charge < -0.3 is 5.32 Å². The van der Waals surface area contributed by atoms with Crippen molar-refractivity contribution < 1.29 is 9.18 Å². The summed E-state index contributed by atoms with van der Waals surface area (Å²) in [4.78, 5) is 11.6. The Morgan fingerprint density at radius 2 is 1.95 bits per heavy atom. The minimum atomic E-state index is -0.378. The molecular formula is C15H21ClFNO. The Morgan fingerprint density at radius 3 is 2.63 bits per heavy atom. The van der Waals surface area contributed by atoms with Crippen molar-refractivity contribution >= 4 is 17.5 Å². The van der Waals surface area contributed by atoms with Gasteiger partial charge in [-0.2, -0.15) is 0 Å². The zero-order valence-corrected chi connectivity index (χ0v) is 12.1. The van der Waals surface area contributed by atoms with Crippen molar-refractivity contribution in [2.75, 3.05) is 0 Å². The summed E-state index contributed by atoms with van der Waals surface area (Å²) in [7, 11) is 0. The first kappa shape index (κ1) is 16.0. The average molecular weight is 286 g/mol. The fourth-order valence-electron chi connectivity index (χ4n) is 1.89. The number of carbonyl (C=O) groups is 1. The summed E-state index contributed by atoms with van der Waals surface area (Å²) >= 11 is 5.74. The molecule has 0 aliphatic rings. The molecule has 106 valence electrons. The maximum absolute atomic E-state index is 13.1. The van der Waals surface area contributed by atoms with E-state index < -0.39 is 0 Å². The van der Waals surface area contributed by atoms with E-state index in [1.165, 1.54) is 31.4 Å². The number of unbranched alkanes of at least 4 members (excludes halogenated alkanes) is 4. The number of benzene rings is 1. The van der Waals surface area contributed by atoms with E-state index in [-0.39, 0.29) is 11.7 Å². The topological polar surface area (TPSA) is 29.1 Å². The third-order valence-electron chi connectivity index (χ3n) is 2.92. The van der Waals surface area contributed by atoms with E-state index in [2.05, 4.69) is 12.2 Å². The van der Waals surface area contributed by atoms with Crippen molar-refractivity contribution in [3.05, 3.63) is 34.6 Å². The smallest absolute Gasteiger partial charge is 0.220 e. The number of amides is 1. The van der Waals surface area contributed by atoms with Crippen LogP contribution in [0.25, 0.3) is 0 Å². The lowest BCUT2D eigenvalue weighted by atomic mass is 10.1. The standard InChI is InChI=1S/C15H21ClFNO/c1-2-3-4-5-6-7-15(19)18-11-12-8-13(16)10-14(17)9-12/h8-10H,2-7,11H2,1H3,(H,18,19). The molecule has 1 aromatic rings. The summed E-state index contributed by atoms with van der Waals surface area (Å²) in [5.41, 5.74) is 0.685. The molecule has 0 bridgehead atoms. The van der Waals surface area contributed by atoms with Crippen molar-refractivity contribution in [1.29, 1.82) is 0 Å². The summed E-state index contributed by atoms with van der Waals surface area (Å²) in [5.74, 6) is -0.367. The fourth-order valence-corrected chi connectivity index (χ4v) is 2.14. The quantitative estimate of drug-likeness (QED) is 0.702. The van der Waals surface area contributed by atoms with Crippen LogP contribution in [0.15, 0.2) is 18.2 Å². The van der Waals surface area contributed by atoms with E-state index in [0.717, 1.165) is 12.8 Å². The second-order valence-electron chi connectivity index (χ2n) is 4.72. The molecular weight excluding hydrogens is 265 g/mol. The molecule has 0 saturated carbocycles. The van der Waals surface area contributed by atoms with Gasteiger partial charge in [-0.3, -0.25) is 4.79 Å². The molecule has 0 aromatic heterocycles. The zero-order valence-electron chi connectivity index (χ0n) is 11.3. The van der Waals surface area contributed by atoms with Crippen LogP contribution in [0.4, 0.5) is 4.39 Å². The molecule has 0 fully saturated rings. The zero-order chi connectivity index (χ0) is 14.1. The molecule has 4 heteroatoms. The number of hydrogen-bond donors (Lipinski definition) is 1. The first-order valence-corrected chi connectivity index (χ1v) is 7.21. The average Bonchev–Trinajstić information content (AvgIpc) is 2.35. The Balaban J connectivity index is 2.22. The van der Waals surface area contributed by atoms with Crippen LogP contribution in [0.1, 0.15) is 51.0 Å². The van der Waals surface area contributed by atoms with Gasteiger partial charge in [0.2, 0.25) is 5.91 Å². The molecule has 0 heterocycles. The lowest BCUT2D eigenvalue weighted by Gasteiger charge is -2.06. The van der Waals surface area contributed by atoms with Crippen LogP contribution in [0, 0.1) is 5.82 Å². The number of rotatable bonds is 8. The van der Waals surface area contributed by atoms with E-state index in [1.807, 2.05) is 0 Å². The molecule has 1 rings (SSSR count). The van der Waals surface area contributed by atoms with Gasteiger partial charge in [0.25, 0.3) is 0 Å². The summed E-state index contributed by atoms with van der Waals surface area (Å²) in [6.45, 7) is 2.49. The SMILES string of the molecule is CCCCCCCC(=O)NCc1cc(F)cc(Cl)c1. The van der Waals surface area contributed by atoms with Gasteiger partial charge in [0.15, 0.2) is 0 Å². The summed E-state index contributed by atoms with van der Waals surface area (Å²) in [5, 5.41) is 3.13. The van der Waals surface area contributed by atoms with Gasteiger partial charge in [0, 0.05) is 18.0 Å². The van der Waals surface area contributed by atoms with Crippen LogP contribution < -0.4 is 5.32 Å². The summed E-state index contributed by atoms with van der Waals surface area (Å²) in [6.07, 6.45) is 6.15. The molecule has 0 aliphatic carbocycles. The van der Waals surface area contributed by atoms with E-state index in [1.54, 1.807) is 6.07 Å². The Kier molecular flexibility index (Phi) is 7.49. The third-order valence-corrected chi connectivity index (χ3v) is 3.14. The second-order valence-corrected chi connectivity index (χ2v) is 5.16. The lowest BCUT2D eigenvalue weighted by Crippen LogP contribution is -2.22. The van der Waals surface area contributed by atoms with E-state index >= 15 is 0 Å². The van der Waals surface area contributed by atoms with E-state index in [9.17, 15) is 9.18 Å². The predicted molar refractivity (Wildman–Crippen MR) is 76.6 cm³/mol. The van der Waals surface area contributed by atoms with Gasteiger partial charge >= 0.3 is 0 Å². The van der Waals surface area contributed by atoms with Gasteiger partial charge in [-0.1, -0.05) is 44.2 Å². The predicted octanol–water partition coefficient (Wildman–Crippen LogP) is 4.46. The molecule has 0 aliphatic heterocycles. The molecule has 0 unspecified atom stereocenters. The third kappa shape index (κ3) is 7.16. The monoisotopic (exact) mass is 285 g/mol. The first-order chi connectivity index (χ1) is 9.11. The van der Waals surface area contributed by atoms with Crippen LogP contribution >= 0.6 is 11.6 Å². The number of nitrogens with one attached hydrogen (secondary N) is 1. The molecule has 2 nitrogen and oxygen atoms in total. The molecule has 19 heavy (non-hydrogen) atoms. The highest BCUT2D eigenvalue weighted by molar-refractivity contribution is 6.30. The Morgan fingerprint density at radius 1 is 1.21 bits per heavy atom. The molecule has 1 aromatic carbocycles. The highest BCUT2D eigenvalue weighted by atomic mass is 35.5. The molecule has 1 N–H and O–H groups in total. The minimum Gasteiger partial charge on any atom is -0.352 e. The maximum Gasteiger partial charge on any atom is 0.220 e. The van der Waals surface area contributed by atoms with E-state index in [0.29, 0.717) is 23.6 Å². The second kappa shape index (κ2) is 8.92. The summed E-state index contributed by atoms with van der Waals surface area (Å²) < 4.78 is 13.1. The van der Waals surface area contributed by atoms with Crippen molar-refractivity contribution in [3.63, 3.8) is 0 Å². The van der Waals surface area contributed by atoms with Gasteiger partial charge in [-0.05, 0) is 30.2 Å². The minimum absolute atomic E-state index is 0.0110. The first-order valence-electron chi connectivity index (χ1n) is 6.83. The van der Waals surface area contributed by atoms with E-state index in [4.69, 9.17) is 11.6 Å². The lowest BCUT2D eigenvalue weighted by molar-refractivity contribution is -0.121. The van der Waals surface area contributed by atoms with Crippen LogP contribution in [-0.4, -0.2) is 5.91 Å². The molecule has 0 spiro atoms. The van der Waals surface area contributed by atoms with Crippen LogP contribution in [-0.2, 0) is 11.3 Å². The normalized spacial score (nSPS) is 10.5. The Labute approximate surface area is 119 Å². The van der Waals surface area contributed by atoms with Crippen molar-refractivity contribution in [2.24, 2.45) is 0 Å². The van der Waals surface area contributed by atoms with Crippen molar-refractivity contribution in [1.82, 2.24) is 5.32 Å². The molecule has 0 atom stereocenters. The van der Waals surface area contributed by atoms with Crippen molar-refractivity contribution in [2.45, 2.75) is 52.0 Å². The fraction of sp³-hybridized carbons (Fsp3) is 0.533. The number of halogens is 2. The van der Waals surface area contributed by atoms with Gasteiger partial charge in [0.1, 0.15) is 5.82 Å². The molecule has 0 radical (unpaired) electrons. The summed E-state index contributed by atoms with van der Waals surface area (Å²) in [6, 6.07) is 4.29. The van der Waals surface area contributed by atoms with Gasteiger partial charge in [-0.25, -0.2) is 4.39 Å². The molecule has 0 saturated heterocycles. The van der Waals surface area contributed by atoms with Gasteiger partial charge in [-0.15, -0.1) is 0 Å². The number of carbonyl (C=O) groups excluding carboxylic acids is 1. The highest BCUT2D eigenvalue weighted by Gasteiger charge is 2.03. The maximum atomic E-state index is 13.1. The Bertz CT molecular complexity index is 389. The van der Waals surface area contributed by atoms with Crippen LogP contribution in [0.2, 0.25) is 5.02 Å².